The Morgan fingerprint density at radius 3 is 2.65 bits per heavy atom. The molecule has 34 heavy (non-hydrogen) atoms. The lowest BCUT2D eigenvalue weighted by molar-refractivity contribution is -0.126. The van der Waals surface area contributed by atoms with E-state index in [0.717, 1.165) is 52.9 Å². The normalized spacial score (nSPS) is 16.6. The van der Waals surface area contributed by atoms with Gasteiger partial charge in [0.2, 0.25) is 5.91 Å². The van der Waals surface area contributed by atoms with Crippen molar-refractivity contribution in [3.63, 3.8) is 0 Å². The third-order valence-electron chi connectivity index (χ3n) is 6.91. The minimum Gasteiger partial charge on any atom is -0.493 e. The highest BCUT2D eigenvalue weighted by Crippen LogP contribution is 2.38. The van der Waals surface area contributed by atoms with Crippen LogP contribution in [0.5, 0.6) is 5.75 Å². The van der Waals surface area contributed by atoms with Crippen molar-refractivity contribution in [1.82, 2.24) is 4.90 Å². The number of nitrogens with zero attached hydrogens (tertiary/aromatic N) is 2. The highest BCUT2D eigenvalue weighted by molar-refractivity contribution is 5.97. The predicted molar refractivity (Wildman–Crippen MR) is 133 cm³/mol. The van der Waals surface area contributed by atoms with E-state index in [-0.39, 0.29) is 11.7 Å². The lowest BCUT2D eigenvalue weighted by Gasteiger charge is -2.35. The number of furan rings is 1. The van der Waals surface area contributed by atoms with E-state index in [1.54, 1.807) is 18.2 Å². The number of hydrogen-bond acceptors (Lipinski definition) is 4. The molecule has 0 saturated carbocycles. The maximum Gasteiger partial charge on any atom is 0.246 e. The van der Waals surface area contributed by atoms with Crippen LogP contribution in [0.2, 0.25) is 0 Å². The molecular formula is C28H31FN2O3. The first-order valence-corrected chi connectivity index (χ1v) is 12.2. The molecule has 0 spiro atoms. The maximum atomic E-state index is 14.1. The van der Waals surface area contributed by atoms with Gasteiger partial charge in [-0.3, -0.25) is 4.79 Å². The molecule has 1 aliphatic heterocycles. The van der Waals surface area contributed by atoms with Gasteiger partial charge < -0.3 is 19.0 Å². The Bertz CT molecular complexity index is 1240. The maximum absolute atomic E-state index is 14.1. The van der Waals surface area contributed by atoms with Gasteiger partial charge in [-0.25, -0.2) is 4.39 Å². The topological polar surface area (TPSA) is 45.9 Å². The Labute approximate surface area is 199 Å². The fourth-order valence-corrected chi connectivity index (χ4v) is 5.10. The molecule has 2 heterocycles. The minimum absolute atomic E-state index is 0.0255. The van der Waals surface area contributed by atoms with Gasteiger partial charge in [0.25, 0.3) is 0 Å². The average molecular weight is 463 g/mol. The summed E-state index contributed by atoms with van der Waals surface area (Å²) in [5.74, 6) is 1.58. The molecule has 178 valence electrons. The van der Waals surface area contributed by atoms with Gasteiger partial charge >= 0.3 is 0 Å². The molecule has 1 amide bonds. The first-order chi connectivity index (χ1) is 16.5. The molecule has 1 saturated heterocycles. The van der Waals surface area contributed by atoms with Crippen LogP contribution in [0.3, 0.4) is 0 Å². The quantitative estimate of drug-likeness (QED) is 0.463. The summed E-state index contributed by atoms with van der Waals surface area (Å²) in [6.45, 7) is 6.79. The van der Waals surface area contributed by atoms with E-state index < -0.39 is 0 Å². The molecule has 6 heteroatoms. The van der Waals surface area contributed by atoms with Gasteiger partial charge in [-0.2, -0.15) is 0 Å². The first kappa shape index (κ1) is 22.5. The Balaban J connectivity index is 1.36. The fourth-order valence-electron chi connectivity index (χ4n) is 5.10. The molecule has 0 atom stereocenters. The smallest absolute Gasteiger partial charge is 0.246 e. The molecule has 0 bridgehead atoms. The van der Waals surface area contributed by atoms with Crippen LogP contribution in [0.15, 0.2) is 46.9 Å². The number of carbonyl (C=O) groups excluding carboxylic acids is 1. The van der Waals surface area contributed by atoms with Gasteiger partial charge in [-0.1, -0.05) is 12.1 Å². The summed E-state index contributed by atoms with van der Waals surface area (Å²) in [5.41, 5.74) is 4.57. The van der Waals surface area contributed by atoms with Crippen molar-refractivity contribution in [3.8, 4) is 5.75 Å². The molecule has 0 N–H and O–H groups in total. The lowest BCUT2D eigenvalue weighted by Crippen LogP contribution is -2.48. The number of anilines is 1. The van der Waals surface area contributed by atoms with Gasteiger partial charge in [-0.05, 0) is 56.9 Å². The summed E-state index contributed by atoms with van der Waals surface area (Å²) in [4.78, 5) is 16.9. The molecule has 5 nitrogen and oxygen atoms in total. The summed E-state index contributed by atoms with van der Waals surface area (Å²) in [7, 11) is 0. The summed E-state index contributed by atoms with van der Waals surface area (Å²) >= 11 is 0. The molecule has 0 radical (unpaired) electrons. The zero-order valence-corrected chi connectivity index (χ0v) is 19.9. The lowest BCUT2D eigenvalue weighted by atomic mass is 9.94. The first-order valence-electron chi connectivity index (χ1n) is 12.2. The van der Waals surface area contributed by atoms with Crippen molar-refractivity contribution in [1.29, 1.82) is 0 Å². The van der Waals surface area contributed by atoms with E-state index in [0.29, 0.717) is 38.5 Å². The second kappa shape index (κ2) is 9.53. The van der Waals surface area contributed by atoms with Crippen LogP contribution < -0.4 is 9.64 Å². The van der Waals surface area contributed by atoms with E-state index in [4.69, 9.17) is 9.15 Å². The number of para-hydroxylation sites is 1. The van der Waals surface area contributed by atoms with Crippen LogP contribution in [0, 0.1) is 5.82 Å². The van der Waals surface area contributed by atoms with Gasteiger partial charge in [0.1, 0.15) is 22.9 Å². The van der Waals surface area contributed by atoms with Crippen molar-refractivity contribution in [2.75, 3.05) is 37.7 Å². The number of amides is 1. The number of benzene rings is 2. The second-order valence-electron chi connectivity index (χ2n) is 9.08. The van der Waals surface area contributed by atoms with Crippen LogP contribution in [0.25, 0.3) is 16.5 Å². The Morgan fingerprint density at radius 1 is 1.12 bits per heavy atom. The van der Waals surface area contributed by atoms with Gasteiger partial charge in [0.05, 0.1) is 12.3 Å². The van der Waals surface area contributed by atoms with E-state index in [9.17, 15) is 9.18 Å². The van der Waals surface area contributed by atoms with E-state index in [2.05, 4.69) is 6.07 Å². The molecule has 5 rings (SSSR count). The monoisotopic (exact) mass is 462 g/mol. The number of hydrogen-bond donors (Lipinski definition) is 0. The standard InChI is InChI=1S/C28H31FN2O3/c1-3-33-26-18-27-22(20-8-4-7-11-25(20)34-27)17-21(26)19(2)16-28(32)31-14-12-30(13-15-31)24-10-6-5-9-23(24)29/h5-6,9-10,16-18H,3-4,7-8,11-15H2,1-2H3/b19-16+. The van der Waals surface area contributed by atoms with E-state index in [1.165, 1.54) is 18.1 Å². The summed E-state index contributed by atoms with van der Waals surface area (Å²) in [5, 5.41) is 1.13. The van der Waals surface area contributed by atoms with Crippen LogP contribution >= 0.6 is 0 Å². The van der Waals surface area contributed by atoms with Crippen molar-refractivity contribution < 1.29 is 18.3 Å². The number of piperazine rings is 1. The van der Waals surface area contributed by atoms with Crippen LogP contribution in [0.4, 0.5) is 10.1 Å². The van der Waals surface area contributed by atoms with Gasteiger partial charge in [0.15, 0.2) is 0 Å². The summed E-state index contributed by atoms with van der Waals surface area (Å²) < 4.78 is 26.2. The fraction of sp³-hybridized carbons (Fsp3) is 0.393. The zero-order valence-electron chi connectivity index (χ0n) is 19.9. The third-order valence-corrected chi connectivity index (χ3v) is 6.91. The van der Waals surface area contributed by atoms with Crippen molar-refractivity contribution in [2.45, 2.75) is 39.5 Å². The van der Waals surface area contributed by atoms with Gasteiger partial charge in [0, 0.05) is 61.3 Å². The highest BCUT2D eigenvalue weighted by Gasteiger charge is 2.23. The van der Waals surface area contributed by atoms with Gasteiger partial charge in [-0.15, -0.1) is 0 Å². The number of ether oxygens (including phenoxy) is 1. The second-order valence-corrected chi connectivity index (χ2v) is 9.08. The molecule has 2 aromatic carbocycles. The predicted octanol–water partition coefficient (Wildman–Crippen LogP) is 5.60. The molecule has 0 unspecified atom stereocenters. The Hall–Kier alpha value is -3.28. The van der Waals surface area contributed by atoms with E-state index in [1.807, 2.05) is 35.8 Å². The average Bonchev–Trinajstić information content (AvgIpc) is 3.21. The molecule has 1 aliphatic carbocycles. The minimum atomic E-state index is -0.224. The Kier molecular flexibility index (Phi) is 6.31. The number of halogens is 1. The summed E-state index contributed by atoms with van der Waals surface area (Å²) in [6.07, 6.45) is 6.06. The van der Waals surface area contributed by atoms with E-state index >= 15 is 0 Å². The molecule has 1 fully saturated rings. The largest absolute Gasteiger partial charge is 0.493 e. The van der Waals surface area contributed by atoms with Crippen LogP contribution in [-0.4, -0.2) is 43.6 Å². The van der Waals surface area contributed by atoms with Crippen molar-refractivity contribution >= 4 is 28.1 Å². The number of aryl methyl sites for hydroxylation is 2. The molecule has 1 aromatic heterocycles. The zero-order chi connectivity index (χ0) is 23.7. The molecular weight excluding hydrogens is 431 g/mol. The SMILES string of the molecule is CCOc1cc2oc3c(c2cc1/C(C)=C/C(=O)N1CCN(c2ccccc2F)CC1)CCCC3. The number of rotatable bonds is 5. The third kappa shape index (κ3) is 4.29. The van der Waals surface area contributed by atoms with Crippen LogP contribution in [0.1, 0.15) is 43.6 Å². The molecule has 3 aromatic rings. The molecule has 2 aliphatic rings. The number of fused-ring (bicyclic) bond motifs is 3. The highest BCUT2D eigenvalue weighted by atomic mass is 19.1. The summed E-state index contributed by atoms with van der Waals surface area (Å²) in [6, 6.07) is 10.9. The number of carbonyl (C=O) groups is 1. The number of allylic oxidation sites excluding steroid dienone is 1. The van der Waals surface area contributed by atoms with Crippen LogP contribution in [-0.2, 0) is 17.6 Å². The van der Waals surface area contributed by atoms with Crippen molar-refractivity contribution in [3.05, 3.63) is 65.2 Å². The Morgan fingerprint density at radius 2 is 1.88 bits per heavy atom. The van der Waals surface area contributed by atoms with Crippen molar-refractivity contribution in [2.24, 2.45) is 0 Å².